The van der Waals surface area contributed by atoms with E-state index in [-0.39, 0.29) is 0 Å². The van der Waals surface area contributed by atoms with Crippen molar-refractivity contribution in [2.24, 2.45) is 0 Å². The van der Waals surface area contributed by atoms with E-state index in [0.29, 0.717) is 5.92 Å². The Morgan fingerprint density at radius 2 is 0.726 bits per heavy atom. The molecule has 10 rings (SSSR count). The van der Waals surface area contributed by atoms with Crippen LogP contribution in [0.2, 0.25) is 0 Å². The molecule has 0 aromatic heterocycles. The van der Waals surface area contributed by atoms with E-state index < -0.39 is 0 Å². The highest BCUT2D eigenvalue weighted by Crippen LogP contribution is 2.40. The molecule has 62 heavy (non-hydrogen) atoms. The average Bonchev–Trinajstić information content (AvgIpc) is 3.36. The fourth-order valence-electron chi connectivity index (χ4n) is 8.40. The van der Waals surface area contributed by atoms with Crippen LogP contribution in [0.15, 0.2) is 260 Å². The first-order valence-corrected chi connectivity index (χ1v) is 21.3. The molecule has 0 N–H and O–H groups in total. The maximum absolute atomic E-state index is 3.09. The van der Waals surface area contributed by atoms with Gasteiger partial charge in [-0.1, -0.05) is 169 Å². The van der Waals surface area contributed by atoms with Crippen LogP contribution in [0.4, 0.5) is 34.1 Å². The Kier molecular flexibility index (Phi) is 10.8. The van der Waals surface area contributed by atoms with Crippen LogP contribution in [-0.4, -0.2) is 0 Å². The zero-order valence-corrected chi connectivity index (χ0v) is 34.4. The van der Waals surface area contributed by atoms with Gasteiger partial charge in [-0.2, -0.15) is 0 Å². The van der Waals surface area contributed by atoms with Crippen molar-refractivity contribution < 1.29 is 0 Å². The quantitative estimate of drug-likeness (QED) is 0.120. The van der Waals surface area contributed by atoms with Crippen LogP contribution in [0.1, 0.15) is 23.5 Å². The van der Waals surface area contributed by atoms with E-state index in [1.54, 1.807) is 0 Å². The molecule has 0 fully saturated rings. The zero-order chi connectivity index (χ0) is 41.5. The molecule has 0 aliphatic heterocycles. The van der Waals surface area contributed by atoms with Crippen molar-refractivity contribution in [3.63, 3.8) is 0 Å². The third kappa shape index (κ3) is 8.21. The van der Waals surface area contributed by atoms with Crippen molar-refractivity contribution in [1.29, 1.82) is 0 Å². The molecule has 0 heterocycles. The first kappa shape index (κ1) is 38.1. The number of hydrogen-bond acceptors (Lipinski definition) is 2. The van der Waals surface area contributed by atoms with Crippen molar-refractivity contribution in [1.82, 2.24) is 0 Å². The lowest BCUT2D eigenvalue weighted by Crippen LogP contribution is -2.10. The number of allylic oxidation sites excluding steroid dienone is 8. The molecule has 2 heteroatoms. The highest BCUT2D eigenvalue weighted by atomic mass is 15.1. The zero-order valence-electron chi connectivity index (χ0n) is 34.4. The molecule has 2 aliphatic rings. The van der Waals surface area contributed by atoms with Gasteiger partial charge >= 0.3 is 0 Å². The molecule has 0 amide bonds. The summed E-state index contributed by atoms with van der Waals surface area (Å²) in [5, 5.41) is 0. The van der Waals surface area contributed by atoms with Crippen molar-refractivity contribution in [2.75, 3.05) is 9.80 Å². The minimum absolute atomic E-state index is 0.406. The second kappa shape index (κ2) is 17.6. The van der Waals surface area contributed by atoms with Gasteiger partial charge in [0.25, 0.3) is 0 Å². The molecule has 8 aromatic rings. The summed E-state index contributed by atoms with van der Waals surface area (Å²) in [4.78, 5) is 4.67. The maximum Gasteiger partial charge on any atom is 0.0462 e. The van der Waals surface area contributed by atoms with Crippen LogP contribution in [0.25, 0.3) is 39.0 Å². The van der Waals surface area contributed by atoms with Crippen molar-refractivity contribution in [3.05, 3.63) is 271 Å². The van der Waals surface area contributed by atoms with Crippen LogP contribution < -0.4 is 9.80 Å². The molecule has 0 saturated carbocycles. The molecule has 2 aliphatic carbocycles. The van der Waals surface area contributed by atoms with Crippen LogP contribution in [0, 0.1) is 0 Å². The third-order valence-corrected chi connectivity index (χ3v) is 11.7. The molecule has 8 aromatic carbocycles. The van der Waals surface area contributed by atoms with E-state index in [2.05, 4.69) is 258 Å². The molecule has 294 valence electrons. The monoisotopic (exact) mass is 792 g/mol. The molecule has 0 spiro atoms. The van der Waals surface area contributed by atoms with Crippen LogP contribution in [0.5, 0.6) is 0 Å². The van der Waals surface area contributed by atoms with E-state index in [0.717, 1.165) is 62.8 Å². The first-order valence-electron chi connectivity index (χ1n) is 21.3. The normalized spacial score (nSPS) is 13.8. The highest BCUT2D eigenvalue weighted by Gasteiger charge is 2.17. The Bertz CT molecular complexity index is 2980. The molecule has 0 bridgehead atoms. The first-order chi connectivity index (χ1) is 30.7. The third-order valence-electron chi connectivity index (χ3n) is 11.7. The Morgan fingerprint density at radius 3 is 1.08 bits per heavy atom. The summed E-state index contributed by atoms with van der Waals surface area (Å²) in [5.74, 6) is 0.406. The van der Waals surface area contributed by atoms with Crippen molar-refractivity contribution in [3.8, 4) is 33.4 Å². The minimum atomic E-state index is 0.406. The van der Waals surface area contributed by atoms with Gasteiger partial charge in [0.2, 0.25) is 0 Å². The van der Waals surface area contributed by atoms with Gasteiger partial charge in [0.1, 0.15) is 0 Å². The fraction of sp³-hybridized carbons (Fsp3) is 0.0333. The van der Waals surface area contributed by atoms with Gasteiger partial charge in [-0.25, -0.2) is 0 Å². The molecule has 1 atom stereocenters. The summed E-state index contributed by atoms with van der Waals surface area (Å²) >= 11 is 0. The Morgan fingerprint density at radius 1 is 0.355 bits per heavy atom. The second-order valence-corrected chi connectivity index (χ2v) is 15.6. The molecular weight excluding hydrogens is 749 g/mol. The van der Waals surface area contributed by atoms with E-state index in [1.165, 1.54) is 27.8 Å². The second-order valence-electron chi connectivity index (χ2n) is 15.6. The lowest BCUT2D eigenvalue weighted by Gasteiger charge is -2.27. The lowest BCUT2D eigenvalue weighted by atomic mass is 9.92. The SMILES string of the molecule is C1=C=CC(c2ccc(N(c3ccc(-c4ccccc4)cc3)c3ccc(-c4ccc(N(c5ccc(-c6ccccc6)cc5)c5ccc(C6C=CC=CC6)cc5)cc4)cc3)cc2)=CC=1. The number of anilines is 6. The van der Waals surface area contributed by atoms with E-state index in [1.807, 2.05) is 12.2 Å². The summed E-state index contributed by atoms with van der Waals surface area (Å²) in [5.41, 5.74) is 23.4. The predicted octanol–water partition coefficient (Wildman–Crippen LogP) is 16.5. The highest BCUT2D eigenvalue weighted by molar-refractivity contribution is 5.84. The number of rotatable bonds is 11. The van der Waals surface area contributed by atoms with Gasteiger partial charge in [-0.15, -0.1) is 0 Å². The van der Waals surface area contributed by atoms with E-state index in [9.17, 15) is 0 Å². The van der Waals surface area contributed by atoms with Gasteiger partial charge in [0.05, 0.1) is 0 Å². The van der Waals surface area contributed by atoms with Gasteiger partial charge in [0.15, 0.2) is 0 Å². The summed E-state index contributed by atoms with van der Waals surface area (Å²) in [6, 6.07) is 74.5. The molecule has 2 nitrogen and oxygen atoms in total. The summed E-state index contributed by atoms with van der Waals surface area (Å²) in [6.07, 6.45) is 15.8. The van der Waals surface area contributed by atoms with Gasteiger partial charge in [-0.05, 0) is 148 Å². The fourth-order valence-corrected chi connectivity index (χ4v) is 8.40. The number of nitrogens with zero attached hydrogens (tertiary/aromatic N) is 2. The van der Waals surface area contributed by atoms with Gasteiger partial charge in [0, 0.05) is 40.0 Å². The molecule has 0 saturated heterocycles. The van der Waals surface area contributed by atoms with Crippen LogP contribution >= 0.6 is 0 Å². The summed E-state index contributed by atoms with van der Waals surface area (Å²) in [6.45, 7) is 0. The van der Waals surface area contributed by atoms with Crippen LogP contribution in [-0.2, 0) is 0 Å². The minimum Gasteiger partial charge on any atom is -0.311 e. The molecule has 0 radical (unpaired) electrons. The van der Waals surface area contributed by atoms with Gasteiger partial charge in [-0.3, -0.25) is 0 Å². The number of hydrogen-bond donors (Lipinski definition) is 0. The standard InChI is InChI=1S/C60H44N2/c1-5-13-45(14-6-1)49-21-33-55(34-22-49)61(56-35-23-50(24-36-56)46-15-7-2-8-16-46)59-41-29-53(30-42-59)54-31-43-60(44-32-54)62(57-37-25-51(26-38-57)47-17-9-3-10-18-47)58-39-27-52(28-40-58)48-19-11-4-12-20-48/h1-3,5-11,13-15,17-44,46H,16H2. The van der Waals surface area contributed by atoms with E-state index in [4.69, 9.17) is 0 Å². The lowest BCUT2D eigenvalue weighted by molar-refractivity contribution is 0.854. The molecular formula is C60H44N2. The number of benzene rings is 8. The Labute approximate surface area is 365 Å². The summed E-state index contributed by atoms with van der Waals surface area (Å²) < 4.78 is 0. The topological polar surface area (TPSA) is 6.48 Å². The van der Waals surface area contributed by atoms with Crippen molar-refractivity contribution >= 4 is 39.7 Å². The summed E-state index contributed by atoms with van der Waals surface area (Å²) in [7, 11) is 0. The largest absolute Gasteiger partial charge is 0.311 e. The average molecular weight is 793 g/mol. The molecule has 1 unspecified atom stereocenters. The van der Waals surface area contributed by atoms with Gasteiger partial charge < -0.3 is 9.80 Å². The smallest absolute Gasteiger partial charge is 0.0462 e. The van der Waals surface area contributed by atoms with Crippen LogP contribution in [0.3, 0.4) is 0 Å². The Hall–Kier alpha value is -8.12. The predicted molar refractivity (Wildman–Crippen MR) is 262 cm³/mol. The van der Waals surface area contributed by atoms with Crippen molar-refractivity contribution in [2.45, 2.75) is 12.3 Å². The Balaban J connectivity index is 0.952. The van der Waals surface area contributed by atoms with E-state index >= 15 is 0 Å². The maximum atomic E-state index is 3.09.